The standard InChI is InChI=1S/C15H17N5OS/c1-9(2)8-12(21)16-14-19-20-13(17-18-15(20)22-14)11-7-5-4-6-10(11)3/h4-7,9H,8H2,1-3H3,(H,16,19,21). The average Bonchev–Trinajstić information content (AvgIpc) is 2.98. The van der Waals surface area contributed by atoms with Gasteiger partial charge in [-0.05, 0) is 18.4 Å². The first-order valence-corrected chi connectivity index (χ1v) is 7.94. The summed E-state index contributed by atoms with van der Waals surface area (Å²) in [7, 11) is 0. The lowest BCUT2D eigenvalue weighted by Crippen LogP contribution is -2.13. The molecule has 0 aliphatic carbocycles. The zero-order valence-corrected chi connectivity index (χ0v) is 13.5. The molecule has 0 unspecified atom stereocenters. The molecule has 6 nitrogen and oxygen atoms in total. The Hall–Kier alpha value is -2.28. The number of benzene rings is 1. The molecule has 0 radical (unpaired) electrons. The van der Waals surface area contributed by atoms with E-state index in [9.17, 15) is 4.79 Å². The van der Waals surface area contributed by atoms with Crippen LogP contribution < -0.4 is 5.32 Å². The van der Waals surface area contributed by atoms with Crippen LogP contribution in [0.3, 0.4) is 0 Å². The zero-order valence-electron chi connectivity index (χ0n) is 12.7. The maximum Gasteiger partial charge on any atom is 0.236 e. The third kappa shape index (κ3) is 2.85. The van der Waals surface area contributed by atoms with Crippen LogP contribution in [0.2, 0.25) is 0 Å². The Morgan fingerprint density at radius 3 is 2.82 bits per heavy atom. The fourth-order valence-corrected chi connectivity index (χ4v) is 2.96. The maximum absolute atomic E-state index is 11.8. The van der Waals surface area contributed by atoms with Gasteiger partial charge in [-0.2, -0.15) is 4.52 Å². The lowest BCUT2D eigenvalue weighted by atomic mass is 10.1. The van der Waals surface area contributed by atoms with E-state index in [1.54, 1.807) is 4.52 Å². The second-order valence-electron chi connectivity index (χ2n) is 5.59. The molecule has 0 atom stereocenters. The number of carbonyl (C=O) groups excluding carboxylic acids is 1. The zero-order chi connectivity index (χ0) is 15.7. The molecule has 7 heteroatoms. The molecule has 0 saturated heterocycles. The van der Waals surface area contributed by atoms with Crippen molar-refractivity contribution >= 4 is 27.3 Å². The summed E-state index contributed by atoms with van der Waals surface area (Å²) in [5, 5.41) is 16.1. The molecule has 2 aromatic heterocycles. The summed E-state index contributed by atoms with van der Waals surface area (Å²) in [5.41, 5.74) is 2.09. The SMILES string of the molecule is Cc1ccccc1-c1nnc2sc(NC(=O)CC(C)C)nn12. The van der Waals surface area contributed by atoms with E-state index in [4.69, 9.17) is 0 Å². The quantitative estimate of drug-likeness (QED) is 0.803. The molecule has 0 bridgehead atoms. The highest BCUT2D eigenvalue weighted by molar-refractivity contribution is 7.20. The van der Waals surface area contributed by atoms with Gasteiger partial charge in [0.1, 0.15) is 0 Å². The van der Waals surface area contributed by atoms with Crippen LogP contribution in [0.25, 0.3) is 16.3 Å². The van der Waals surface area contributed by atoms with Crippen molar-refractivity contribution in [3.63, 3.8) is 0 Å². The van der Waals surface area contributed by atoms with Crippen LogP contribution in [-0.4, -0.2) is 25.7 Å². The monoisotopic (exact) mass is 315 g/mol. The number of hydrogen-bond donors (Lipinski definition) is 1. The van der Waals surface area contributed by atoms with Crippen LogP contribution in [0.4, 0.5) is 5.13 Å². The Kier molecular flexibility index (Phi) is 3.89. The number of hydrogen-bond acceptors (Lipinski definition) is 5. The van der Waals surface area contributed by atoms with Gasteiger partial charge < -0.3 is 5.32 Å². The Morgan fingerprint density at radius 1 is 1.32 bits per heavy atom. The van der Waals surface area contributed by atoms with Gasteiger partial charge in [0.05, 0.1) is 0 Å². The van der Waals surface area contributed by atoms with Gasteiger partial charge in [0.15, 0.2) is 5.82 Å². The summed E-state index contributed by atoms with van der Waals surface area (Å²) in [6, 6.07) is 7.95. The Morgan fingerprint density at radius 2 is 2.09 bits per heavy atom. The molecule has 0 saturated carbocycles. The molecule has 2 heterocycles. The van der Waals surface area contributed by atoms with Gasteiger partial charge in [-0.1, -0.05) is 49.4 Å². The second kappa shape index (κ2) is 5.84. The fourth-order valence-electron chi connectivity index (χ4n) is 2.20. The second-order valence-corrected chi connectivity index (χ2v) is 6.54. The summed E-state index contributed by atoms with van der Waals surface area (Å²) in [6.07, 6.45) is 0.477. The molecule has 0 aliphatic heterocycles. The largest absolute Gasteiger partial charge is 0.301 e. The van der Waals surface area contributed by atoms with E-state index in [1.165, 1.54) is 11.3 Å². The van der Waals surface area contributed by atoms with Crippen molar-refractivity contribution in [3.05, 3.63) is 29.8 Å². The Bertz CT molecular complexity index is 820. The van der Waals surface area contributed by atoms with Gasteiger partial charge in [0.25, 0.3) is 0 Å². The highest BCUT2D eigenvalue weighted by Crippen LogP contribution is 2.26. The highest BCUT2D eigenvalue weighted by atomic mass is 32.1. The van der Waals surface area contributed by atoms with Crippen molar-refractivity contribution < 1.29 is 4.79 Å². The average molecular weight is 315 g/mol. The summed E-state index contributed by atoms with van der Waals surface area (Å²) in [4.78, 5) is 12.5. The predicted molar refractivity (Wildman–Crippen MR) is 86.9 cm³/mol. The molecular weight excluding hydrogens is 298 g/mol. The third-order valence-corrected chi connectivity index (χ3v) is 4.03. The van der Waals surface area contributed by atoms with Crippen molar-refractivity contribution in [2.75, 3.05) is 5.32 Å². The van der Waals surface area contributed by atoms with Crippen molar-refractivity contribution in [2.45, 2.75) is 27.2 Å². The van der Waals surface area contributed by atoms with Gasteiger partial charge in [0, 0.05) is 12.0 Å². The third-order valence-electron chi connectivity index (χ3n) is 3.22. The van der Waals surface area contributed by atoms with Crippen LogP contribution in [-0.2, 0) is 4.79 Å². The lowest BCUT2D eigenvalue weighted by molar-refractivity contribution is -0.116. The van der Waals surface area contributed by atoms with Gasteiger partial charge in [-0.3, -0.25) is 4.79 Å². The molecule has 22 heavy (non-hydrogen) atoms. The Balaban J connectivity index is 1.92. The van der Waals surface area contributed by atoms with Crippen LogP contribution in [0.15, 0.2) is 24.3 Å². The number of aromatic nitrogens is 4. The predicted octanol–water partition coefficient (Wildman–Crippen LogP) is 3.15. The summed E-state index contributed by atoms with van der Waals surface area (Å²) in [5.74, 6) is 0.972. The van der Waals surface area contributed by atoms with E-state index in [0.29, 0.717) is 28.3 Å². The first-order valence-electron chi connectivity index (χ1n) is 7.12. The van der Waals surface area contributed by atoms with Crippen molar-refractivity contribution in [1.82, 2.24) is 19.8 Å². The number of amides is 1. The smallest absolute Gasteiger partial charge is 0.236 e. The molecular formula is C15H17N5OS. The minimum absolute atomic E-state index is 0.0302. The van der Waals surface area contributed by atoms with E-state index >= 15 is 0 Å². The number of nitrogens with one attached hydrogen (secondary N) is 1. The minimum atomic E-state index is -0.0302. The first-order chi connectivity index (χ1) is 10.5. The normalized spacial score (nSPS) is 11.3. The number of carbonyl (C=O) groups is 1. The molecule has 114 valence electrons. The summed E-state index contributed by atoms with van der Waals surface area (Å²) < 4.78 is 1.68. The Labute approximate surface area is 132 Å². The topological polar surface area (TPSA) is 72.2 Å². The molecule has 0 aliphatic rings. The van der Waals surface area contributed by atoms with E-state index in [-0.39, 0.29) is 5.91 Å². The fraction of sp³-hybridized carbons (Fsp3) is 0.333. The molecule has 0 fully saturated rings. The van der Waals surface area contributed by atoms with E-state index in [1.807, 2.05) is 45.0 Å². The van der Waals surface area contributed by atoms with Crippen LogP contribution in [0.5, 0.6) is 0 Å². The molecule has 3 aromatic rings. The number of aryl methyl sites for hydroxylation is 1. The first kappa shape index (κ1) is 14.6. The molecule has 1 amide bonds. The van der Waals surface area contributed by atoms with Crippen molar-refractivity contribution in [3.8, 4) is 11.4 Å². The minimum Gasteiger partial charge on any atom is -0.301 e. The van der Waals surface area contributed by atoms with Crippen LogP contribution in [0.1, 0.15) is 25.8 Å². The molecule has 0 spiro atoms. The van der Waals surface area contributed by atoms with Gasteiger partial charge >= 0.3 is 0 Å². The van der Waals surface area contributed by atoms with Crippen LogP contribution in [0, 0.1) is 12.8 Å². The molecule has 1 aromatic carbocycles. The number of anilines is 1. The molecule has 3 rings (SSSR count). The number of rotatable bonds is 4. The summed E-state index contributed by atoms with van der Waals surface area (Å²) in [6.45, 7) is 6.04. The van der Waals surface area contributed by atoms with E-state index in [0.717, 1.165) is 11.1 Å². The van der Waals surface area contributed by atoms with Gasteiger partial charge in [-0.25, -0.2) is 0 Å². The maximum atomic E-state index is 11.8. The summed E-state index contributed by atoms with van der Waals surface area (Å²) >= 11 is 1.32. The van der Waals surface area contributed by atoms with Crippen molar-refractivity contribution in [1.29, 1.82) is 0 Å². The number of fused-ring (bicyclic) bond motifs is 1. The highest BCUT2D eigenvalue weighted by Gasteiger charge is 2.16. The number of nitrogens with zero attached hydrogens (tertiary/aromatic N) is 4. The lowest BCUT2D eigenvalue weighted by Gasteiger charge is -2.03. The van der Waals surface area contributed by atoms with Gasteiger partial charge in [0.2, 0.25) is 16.0 Å². The van der Waals surface area contributed by atoms with Crippen molar-refractivity contribution in [2.24, 2.45) is 5.92 Å². The van der Waals surface area contributed by atoms with Crippen LogP contribution >= 0.6 is 11.3 Å². The van der Waals surface area contributed by atoms with Gasteiger partial charge in [-0.15, -0.1) is 15.3 Å². The van der Waals surface area contributed by atoms with E-state index < -0.39 is 0 Å². The molecule has 1 N–H and O–H groups in total. The van der Waals surface area contributed by atoms with E-state index in [2.05, 4.69) is 20.6 Å².